The van der Waals surface area contributed by atoms with Gasteiger partial charge in [-0.25, -0.2) is 9.18 Å². The first kappa shape index (κ1) is 15.1. The Morgan fingerprint density at radius 3 is 3.00 bits per heavy atom. The van der Waals surface area contributed by atoms with E-state index in [-0.39, 0.29) is 17.4 Å². The molecule has 0 aliphatic carbocycles. The lowest BCUT2D eigenvalue weighted by atomic mass is 10.0. The number of hydrogen-bond donors (Lipinski definition) is 3. The molecule has 1 aliphatic heterocycles. The van der Waals surface area contributed by atoms with Crippen LogP contribution in [0.25, 0.3) is 0 Å². The van der Waals surface area contributed by atoms with Crippen LogP contribution in [0.15, 0.2) is 23.4 Å². The van der Waals surface area contributed by atoms with Crippen molar-refractivity contribution in [3.8, 4) is 0 Å². The van der Waals surface area contributed by atoms with Crippen molar-refractivity contribution in [2.24, 2.45) is 16.8 Å². The monoisotopic (exact) mass is 294 g/mol. The van der Waals surface area contributed by atoms with E-state index in [1.165, 1.54) is 18.2 Å². The minimum atomic E-state index is -0.616. The number of nitrogens with one attached hydrogen (secondary N) is 1. The fraction of sp³-hybridized carbons (Fsp3) is 0.429. The van der Waals surface area contributed by atoms with Crippen LogP contribution in [0.4, 0.5) is 14.9 Å². The van der Waals surface area contributed by atoms with Gasteiger partial charge in [-0.1, -0.05) is 12.1 Å². The van der Waals surface area contributed by atoms with E-state index >= 15 is 0 Å². The molecule has 114 valence electrons. The summed E-state index contributed by atoms with van der Waals surface area (Å²) in [5.41, 5.74) is 5.74. The van der Waals surface area contributed by atoms with Crippen molar-refractivity contribution >= 4 is 17.6 Å². The highest BCUT2D eigenvalue weighted by atomic mass is 19.1. The van der Waals surface area contributed by atoms with Gasteiger partial charge < -0.3 is 21.2 Å². The van der Waals surface area contributed by atoms with Gasteiger partial charge in [-0.2, -0.15) is 0 Å². The van der Waals surface area contributed by atoms with E-state index < -0.39 is 5.82 Å². The smallest absolute Gasteiger partial charge is 0.321 e. The Bertz CT molecular complexity index is 562. The lowest BCUT2D eigenvalue weighted by Gasteiger charge is -2.31. The molecule has 4 N–H and O–H groups in total. The summed E-state index contributed by atoms with van der Waals surface area (Å²) >= 11 is 0. The number of piperidine rings is 1. The summed E-state index contributed by atoms with van der Waals surface area (Å²) in [5.74, 6) is -0.476. The van der Waals surface area contributed by atoms with Crippen molar-refractivity contribution < 1.29 is 14.4 Å². The standard InChI is InChI=1S/C14H19FN4O2/c1-9-3-2-6-19(8-9)14(20)17-10-4-5-12(15)11(7-10)13(16)18-21/h4-5,7,9,21H,2-3,6,8H2,1H3,(H2,16,18)(H,17,20). The van der Waals surface area contributed by atoms with Crippen molar-refractivity contribution in [1.29, 1.82) is 0 Å². The van der Waals surface area contributed by atoms with Crippen LogP contribution in [0.1, 0.15) is 25.3 Å². The summed E-state index contributed by atoms with van der Waals surface area (Å²) in [4.78, 5) is 13.9. The second-order valence-corrected chi connectivity index (χ2v) is 5.30. The maximum atomic E-state index is 13.6. The Labute approximate surface area is 122 Å². The molecule has 0 bridgehead atoms. The number of benzene rings is 1. The number of rotatable bonds is 2. The van der Waals surface area contributed by atoms with Crippen molar-refractivity contribution in [1.82, 2.24) is 4.90 Å². The molecular formula is C14H19FN4O2. The third kappa shape index (κ3) is 3.62. The summed E-state index contributed by atoms with van der Waals surface area (Å²) in [7, 11) is 0. The molecule has 2 rings (SSSR count). The first-order valence-corrected chi connectivity index (χ1v) is 6.84. The Balaban J connectivity index is 2.10. The number of anilines is 1. The van der Waals surface area contributed by atoms with Gasteiger partial charge in [0.15, 0.2) is 5.84 Å². The fourth-order valence-corrected chi connectivity index (χ4v) is 2.43. The van der Waals surface area contributed by atoms with Gasteiger partial charge in [-0.15, -0.1) is 0 Å². The lowest BCUT2D eigenvalue weighted by molar-refractivity contribution is 0.182. The van der Waals surface area contributed by atoms with Crippen molar-refractivity contribution in [3.63, 3.8) is 0 Å². The van der Waals surface area contributed by atoms with Crippen molar-refractivity contribution in [3.05, 3.63) is 29.6 Å². The van der Waals surface area contributed by atoms with E-state index in [1.807, 2.05) is 0 Å². The molecule has 0 aromatic heterocycles. The number of amidine groups is 1. The van der Waals surface area contributed by atoms with Crippen LogP contribution in [0, 0.1) is 11.7 Å². The van der Waals surface area contributed by atoms with Gasteiger partial charge in [-0.3, -0.25) is 0 Å². The van der Waals surface area contributed by atoms with E-state index in [0.29, 0.717) is 24.7 Å². The largest absolute Gasteiger partial charge is 0.409 e. The van der Waals surface area contributed by atoms with Crippen molar-refractivity contribution in [2.45, 2.75) is 19.8 Å². The fourth-order valence-electron chi connectivity index (χ4n) is 2.43. The van der Waals surface area contributed by atoms with Gasteiger partial charge in [0.2, 0.25) is 0 Å². The first-order valence-electron chi connectivity index (χ1n) is 6.84. The number of likely N-dealkylation sites (tertiary alicyclic amines) is 1. The summed E-state index contributed by atoms with van der Waals surface area (Å²) in [6, 6.07) is 3.73. The van der Waals surface area contributed by atoms with Crippen LogP contribution in [0.5, 0.6) is 0 Å². The third-order valence-corrected chi connectivity index (χ3v) is 3.55. The van der Waals surface area contributed by atoms with E-state index in [0.717, 1.165) is 12.8 Å². The molecule has 1 fully saturated rings. The molecule has 0 radical (unpaired) electrons. The Hall–Kier alpha value is -2.31. The number of nitrogens with zero attached hydrogens (tertiary/aromatic N) is 2. The number of carbonyl (C=O) groups excluding carboxylic acids is 1. The van der Waals surface area contributed by atoms with Crippen LogP contribution >= 0.6 is 0 Å². The zero-order chi connectivity index (χ0) is 15.4. The summed E-state index contributed by atoms with van der Waals surface area (Å²) in [6.07, 6.45) is 2.10. The van der Waals surface area contributed by atoms with Crippen LogP contribution in [0.2, 0.25) is 0 Å². The average Bonchev–Trinajstić information content (AvgIpc) is 2.48. The molecule has 2 amide bonds. The summed E-state index contributed by atoms with van der Waals surface area (Å²) < 4.78 is 13.6. The number of nitrogens with two attached hydrogens (primary N) is 1. The van der Waals surface area contributed by atoms with Crippen LogP contribution in [-0.4, -0.2) is 35.1 Å². The minimum absolute atomic E-state index is 0.0534. The molecule has 1 atom stereocenters. The number of oxime groups is 1. The zero-order valence-corrected chi connectivity index (χ0v) is 11.8. The molecule has 1 aromatic carbocycles. The number of carbonyl (C=O) groups is 1. The third-order valence-electron chi connectivity index (χ3n) is 3.55. The first-order chi connectivity index (χ1) is 10.0. The van der Waals surface area contributed by atoms with Crippen LogP contribution in [0.3, 0.4) is 0 Å². The SMILES string of the molecule is CC1CCCN(C(=O)Nc2ccc(F)c(C(N)=NO)c2)C1. The number of hydrogen-bond acceptors (Lipinski definition) is 3. The predicted octanol–water partition coefficient (Wildman–Crippen LogP) is 2.18. The summed E-state index contributed by atoms with van der Waals surface area (Å²) in [6.45, 7) is 3.53. The number of amides is 2. The lowest BCUT2D eigenvalue weighted by Crippen LogP contribution is -2.41. The highest BCUT2D eigenvalue weighted by molar-refractivity contribution is 5.99. The highest BCUT2D eigenvalue weighted by Crippen LogP contribution is 2.18. The molecule has 6 nitrogen and oxygen atoms in total. The molecule has 7 heteroatoms. The van der Waals surface area contributed by atoms with E-state index in [9.17, 15) is 9.18 Å². The average molecular weight is 294 g/mol. The van der Waals surface area contributed by atoms with Gasteiger partial charge in [0.05, 0.1) is 5.56 Å². The van der Waals surface area contributed by atoms with Gasteiger partial charge >= 0.3 is 6.03 Å². The molecule has 1 aliphatic rings. The zero-order valence-electron chi connectivity index (χ0n) is 11.8. The van der Waals surface area contributed by atoms with Crippen LogP contribution in [-0.2, 0) is 0 Å². The maximum absolute atomic E-state index is 13.6. The minimum Gasteiger partial charge on any atom is -0.409 e. The van der Waals surface area contributed by atoms with E-state index in [2.05, 4.69) is 17.4 Å². The van der Waals surface area contributed by atoms with Gasteiger partial charge in [0, 0.05) is 18.8 Å². The Morgan fingerprint density at radius 2 is 2.33 bits per heavy atom. The van der Waals surface area contributed by atoms with Gasteiger partial charge in [0.1, 0.15) is 5.82 Å². The van der Waals surface area contributed by atoms with E-state index in [4.69, 9.17) is 10.9 Å². The molecule has 1 aromatic rings. The molecular weight excluding hydrogens is 275 g/mol. The molecule has 1 heterocycles. The number of urea groups is 1. The summed E-state index contributed by atoms with van der Waals surface area (Å²) in [5, 5.41) is 14.1. The normalized spacial score (nSPS) is 19.4. The maximum Gasteiger partial charge on any atom is 0.321 e. The Kier molecular flexibility index (Phi) is 4.62. The van der Waals surface area contributed by atoms with Crippen LogP contribution < -0.4 is 11.1 Å². The predicted molar refractivity (Wildman–Crippen MR) is 77.9 cm³/mol. The van der Waals surface area contributed by atoms with E-state index in [1.54, 1.807) is 4.90 Å². The molecule has 21 heavy (non-hydrogen) atoms. The van der Waals surface area contributed by atoms with Gasteiger partial charge in [-0.05, 0) is 37.0 Å². The molecule has 0 saturated carbocycles. The van der Waals surface area contributed by atoms with Gasteiger partial charge in [0.25, 0.3) is 0 Å². The molecule has 1 unspecified atom stereocenters. The molecule has 0 spiro atoms. The topological polar surface area (TPSA) is 91.0 Å². The Morgan fingerprint density at radius 1 is 1.57 bits per heavy atom. The quantitative estimate of drug-likeness (QED) is 0.338. The molecule has 1 saturated heterocycles. The second-order valence-electron chi connectivity index (χ2n) is 5.30. The second kappa shape index (κ2) is 6.43. The highest BCUT2D eigenvalue weighted by Gasteiger charge is 2.21. The number of halogens is 1. The van der Waals surface area contributed by atoms with Crippen molar-refractivity contribution in [2.75, 3.05) is 18.4 Å².